The maximum Gasteiger partial charge on any atom is 0.0939 e. The zero-order chi connectivity index (χ0) is 8.48. The van der Waals surface area contributed by atoms with Crippen LogP contribution in [0.15, 0.2) is 12.2 Å². The highest BCUT2D eigenvalue weighted by molar-refractivity contribution is 7.32. The Kier molecular flexibility index (Phi) is 2.69. The van der Waals surface area contributed by atoms with Crippen molar-refractivity contribution in [3.8, 4) is 0 Å². The van der Waals surface area contributed by atoms with E-state index >= 15 is 0 Å². The quantitative estimate of drug-likeness (QED) is 0.447. The van der Waals surface area contributed by atoms with Gasteiger partial charge in [0.1, 0.15) is 0 Å². The molecule has 11 heavy (non-hydrogen) atoms. The SMILES string of the molecule is C=C1[C@H](C)OPC[C@@]1(C)OC. The van der Waals surface area contributed by atoms with Gasteiger partial charge in [-0.25, -0.2) is 0 Å². The fourth-order valence-corrected chi connectivity index (χ4v) is 2.24. The van der Waals surface area contributed by atoms with Crippen molar-refractivity contribution in [3.63, 3.8) is 0 Å². The highest BCUT2D eigenvalue weighted by Gasteiger charge is 2.34. The second-order valence-electron chi connectivity index (χ2n) is 3.04. The molecule has 0 spiro atoms. The van der Waals surface area contributed by atoms with E-state index in [4.69, 9.17) is 9.26 Å². The molecule has 0 N–H and O–H groups in total. The lowest BCUT2D eigenvalue weighted by Gasteiger charge is -2.37. The fraction of sp³-hybridized carbons (Fsp3) is 0.750. The van der Waals surface area contributed by atoms with Gasteiger partial charge in [0, 0.05) is 22.1 Å². The molecule has 64 valence electrons. The molecule has 1 heterocycles. The third-order valence-corrected chi connectivity index (χ3v) is 3.63. The maximum atomic E-state index is 5.44. The lowest BCUT2D eigenvalue weighted by molar-refractivity contribution is 0.0322. The normalized spacial score (nSPS) is 41.4. The van der Waals surface area contributed by atoms with Gasteiger partial charge < -0.3 is 9.26 Å². The summed E-state index contributed by atoms with van der Waals surface area (Å²) in [5, 5.41) is 0. The van der Waals surface area contributed by atoms with Crippen molar-refractivity contribution >= 4 is 8.81 Å². The summed E-state index contributed by atoms with van der Waals surface area (Å²) < 4.78 is 10.8. The van der Waals surface area contributed by atoms with Crippen LogP contribution in [0.4, 0.5) is 0 Å². The molecule has 3 atom stereocenters. The van der Waals surface area contributed by atoms with Crippen LogP contribution in [0.5, 0.6) is 0 Å². The second kappa shape index (κ2) is 3.22. The number of ether oxygens (including phenoxy) is 1. The minimum atomic E-state index is -0.157. The van der Waals surface area contributed by atoms with E-state index in [-0.39, 0.29) is 11.7 Å². The number of rotatable bonds is 1. The molecule has 0 amide bonds. The van der Waals surface area contributed by atoms with Gasteiger partial charge in [-0.3, -0.25) is 0 Å². The summed E-state index contributed by atoms with van der Waals surface area (Å²) in [5.41, 5.74) is 0.898. The van der Waals surface area contributed by atoms with E-state index in [0.717, 1.165) is 11.7 Å². The summed E-state index contributed by atoms with van der Waals surface area (Å²) >= 11 is 0. The van der Waals surface area contributed by atoms with Crippen LogP contribution in [0.3, 0.4) is 0 Å². The molecule has 0 saturated carbocycles. The van der Waals surface area contributed by atoms with E-state index in [1.54, 1.807) is 7.11 Å². The molecule has 0 aromatic heterocycles. The molecule has 0 aromatic rings. The average molecular weight is 174 g/mol. The van der Waals surface area contributed by atoms with Gasteiger partial charge in [0.05, 0.1) is 11.7 Å². The minimum absolute atomic E-state index is 0.145. The van der Waals surface area contributed by atoms with Crippen LogP contribution in [-0.4, -0.2) is 25.0 Å². The Morgan fingerprint density at radius 3 is 2.91 bits per heavy atom. The Morgan fingerprint density at radius 2 is 2.45 bits per heavy atom. The van der Waals surface area contributed by atoms with E-state index in [1.807, 2.05) is 6.92 Å². The van der Waals surface area contributed by atoms with E-state index in [1.165, 1.54) is 0 Å². The summed E-state index contributed by atoms with van der Waals surface area (Å²) in [4.78, 5) is 0. The summed E-state index contributed by atoms with van der Waals surface area (Å²) in [6, 6.07) is 0. The van der Waals surface area contributed by atoms with Crippen LogP contribution in [0.1, 0.15) is 13.8 Å². The van der Waals surface area contributed by atoms with E-state index in [9.17, 15) is 0 Å². The number of methoxy groups -OCH3 is 1. The molecule has 1 rings (SSSR count). The van der Waals surface area contributed by atoms with Gasteiger partial charge in [0.25, 0.3) is 0 Å². The van der Waals surface area contributed by atoms with Gasteiger partial charge in [-0.2, -0.15) is 0 Å². The summed E-state index contributed by atoms with van der Waals surface area (Å²) in [6.07, 6.45) is 1.08. The highest BCUT2D eigenvalue weighted by atomic mass is 31.1. The zero-order valence-corrected chi connectivity index (χ0v) is 8.31. The van der Waals surface area contributed by atoms with Crippen molar-refractivity contribution in [2.75, 3.05) is 13.3 Å². The molecule has 1 aliphatic heterocycles. The number of hydrogen-bond donors (Lipinski definition) is 0. The van der Waals surface area contributed by atoms with Gasteiger partial charge in [-0.05, 0) is 19.4 Å². The van der Waals surface area contributed by atoms with Gasteiger partial charge in [-0.15, -0.1) is 0 Å². The maximum absolute atomic E-state index is 5.44. The van der Waals surface area contributed by atoms with Gasteiger partial charge in [-0.1, -0.05) is 6.58 Å². The van der Waals surface area contributed by atoms with Crippen LogP contribution in [0.25, 0.3) is 0 Å². The molecular formula is C8H15O2P. The molecule has 0 aliphatic carbocycles. The fourth-order valence-electron chi connectivity index (χ4n) is 1.12. The van der Waals surface area contributed by atoms with Crippen molar-refractivity contribution in [2.24, 2.45) is 0 Å². The molecule has 1 fully saturated rings. The predicted molar refractivity (Wildman–Crippen MR) is 48.3 cm³/mol. The Balaban J connectivity index is 2.72. The Labute approximate surface area is 69.8 Å². The van der Waals surface area contributed by atoms with Crippen LogP contribution in [-0.2, 0) is 9.26 Å². The van der Waals surface area contributed by atoms with Crippen molar-refractivity contribution in [1.29, 1.82) is 0 Å². The van der Waals surface area contributed by atoms with Crippen LogP contribution in [0.2, 0.25) is 0 Å². The lowest BCUT2D eigenvalue weighted by atomic mass is 9.95. The zero-order valence-electron chi connectivity index (χ0n) is 7.31. The molecule has 0 radical (unpaired) electrons. The first-order chi connectivity index (χ1) is 5.10. The van der Waals surface area contributed by atoms with Gasteiger partial charge in [0.15, 0.2) is 0 Å². The predicted octanol–water partition coefficient (Wildman–Crippen LogP) is 1.96. The van der Waals surface area contributed by atoms with Crippen molar-refractivity contribution in [1.82, 2.24) is 0 Å². The van der Waals surface area contributed by atoms with Crippen LogP contribution in [0, 0.1) is 0 Å². The average Bonchev–Trinajstić information content (AvgIpc) is 2.00. The first kappa shape index (κ1) is 9.18. The standard InChI is InChI=1S/C8H15O2P/c1-6-7(2)10-11-5-8(6,3)9-4/h7,11H,1,5H2,2-4H3/t7-,8+/m0/s1. The molecule has 3 heteroatoms. The summed E-state index contributed by atoms with van der Waals surface area (Å²) in [7, 11) is 2.27. The molecule has 1 saturated heterocycles. The Bertz CT molecular complexity index is 169. The van der Waals surface area contributed by atoms with E-state index in [2.05, 4.69) is 13.5 Å². The van der Waals surface area contributed by atoms with Crippen molar-refractivity contribution in [3.05, 3.63) is 12.2 Å². The second-order valence-corrected chi connectivity index (χ2v) is 3.92. The smallest absolute Gasteiger partial charge is 0.0939 e. The van der Waals surface area contributed by atoms with Gasteiger partial charge in [0.2, 0.25) is 0 Å². The first-order valence-electron chi connectivity index (χ1n) is 3.73. The molecule has 1 unspecified atom stereocenters. The Hall–Kier alpha value is 0.0900. The molecular weight excluding hydrogens is 159 g/mol. The Morgan fingerprint density at radius 1 is 1.82 bits per heavy atom. The van der Waals surface area contributed by atoms with Crippen LogP contribution >= 0.6 is 8.81 Å². The monoisotopic (exact) mass is 174 g/mol. The van der Waals surface area contributed by atoms with Crippen molar-refractivity contribution in [2.45, 2.75) is 25.6 Å². The van der Waals surface area contributed by atoms with E-state index in [0.29, 0.717) is 8.81 Å². The summed E-state index contributed by atoms with van der Waals surface area (Å²) in [6.45, 7) is 8.06. The van der Waals surface area contributed by atoms with E-state index < -0.39 is 0 Å². The summed E-state index contributed by atoms with van der Waals surface area (Å²) in [5.74, 6) is 0. The molecule has 0 bridgehead atoms. The topological polar surface area (TPSA) is 18.5 Å². The largest absolute Gasteiger partial charge is 0.374 e. The molecule has 0 aromatic carbocycles. The van der Waals surface area contributed by atoms with Crippen LogP contribution < -0.4 is 0 Å². The third-order valence-electron chi connectivity index (χ3n) is 2.29. The molecule has 2 nitrogen and oxygen atoms in total. The van der Waals surface area contributed by atoms with Crippen molar-refractivity contribution < 1.29 is 9.26 Å². The highest BCUT2D eigenvalue weighted by Crippen LogP contribution is 2.38. The first-order valence-corrected chi connectivity index (χ1v) is 4.84. The molecule has 1 aliphatic rings. The minimum Gasteiger partial charge on any atom is -0.374 e. The lowest BCUT2D eigenvalue weighted by Crippen LogP contribution is -2.40. The number of hydrogen-bond acceptors (Lipinski definition) is 2. The third kappa shape index (κ3) is 1.64. The van der Waals surface area contributed by atoms with Gasteiger partial charge >= 0.3 is 0 Å².